The van der Waals surface area contributed by atoms with Crippen LogP contribution in [-0.2, 0) is 9.36 Å². The largest absolute Gasteiger partial charge is 0.756 e. The maximum absolute atomic E-state index is 11.5. The Bertz CT molecular complexity index is 383. The zero-order valence-corrected chi connectivity index (χ0v) is 19.6. The molecular weight excluding hydrogens is 391 g/mol. The van der Waals surface area contributed by atoms with Crippen LogP contribution in [0.4, 0.5) is 0 Å². The van der Waals surface area contributed by atoms with Crippen molar-refractivity contribution >= 4 is 13.7 Å². The van der Waals surface area contributed by atoms with Gasteiger partial charge < -0.3 is 25.7 Å². The van der Waals surface area contributed by atoms with Crippen LogP contribution in [0.15, 0.2) is 0 Å². The highest BCUT2D eigenvalue weighted by Gasteiger charge is 2.00. The summed E-state index contributed by atoms with van der Waals surface area (Å²) in [7, 11) is -4.89. The lowest BCUT2D eigenvalue weighted by atomic mass is 10.0. The number of quaternary nitrogens is 1. The van der Waals surface area contributed by atoms with Crippen LogP contribution in [0.2, 0.25) is 0 Å². The van der Waals surface area contributed by atoms with E-state index in [0.29, 0.717) is 6.42 Å². The number of nitrogens with one attached hydrogen (secondary N) is 1. The molecule has 6 N–H and O–H groups in total. The third-order valence-corrected chi connectivity index (χ3v) is 4.76. The van der Waals surface area contributed by atoms with Crippen molar-refractivity contribution in [1.29, 1.82) is 0 Å². The minimum Gasteiger partial charge on any atom is -0.756 e. The topological polar surface area (TPSA) is 137 Å². The average Bonchev–Trinajstić information content (AvgIpc) is 2.64. The van der Waals surface area contributed by atoms with Gasteiger partial charge in [0.15, 0.2) is 0 Å². The molecule has 0 aliphatic rings. The van der Waals surface area contributed by atoms with E-state index in [2.05, 4.69) is 18.0 Å². The van der Waals surface area contributed by atoms with E-state index in [-0.39, 0.29) is 5.91 Å². The molecule has 0 unspecified atom stereocenters. The van der Waals surface area contributed by atoms with E-state index < -0.39 is 7.82 Å². The summed E-state index contributed by atoms with van der Waals surface area (Å²) in [5.41, 5.74) is 3.78. The second-order valence-corrected chi connectivity index (χ2v) is 8.73. The van der Waals surface area contributed by atoms with Crippen molar-refractivity contribution in [3.8, 4) is 0 Å². The number of hydrogen-bond donors (Lipinski definition) is 4. The molecule has 0 radical (unpaired) electrons. The third kappa shape index (κ3) is 38.7. The highest BCUT2D eigenvalue weighted by molar-refractivity contribution is 7.43. The van der Waals surface area contributed by atoms with E-state index in [4.69, 9.17) is 19.2 Å². The van der Waals surface area contributed by atoms with Crippen LogP contribution < -0.4 is 15.9 Å². The molecule has 7 nitrogen and oxygen atoms in total. The Balaban J connectivity index is 0. The highest BCUT2D eigenvalue weighted by atomic mass is 31.2. The molecular formula is C21H47N2O5P. The van der Waals surface area contributed by atoms with Crippen molar-refractivity contribution in [2.75, 3.05) is 13.1 Å². The Hall–Kier alpha value is -0.460. The molecule has 0 spiro atoms. The number of hydrogen-bond acceptors (Lipinski definition) is 3. The number of carbonyl (C=O) groups is 1. The SMILES string of the molecule is CCCCCCCCCCCCCCCCCC(=O)NCCC[NH3+].O=P([O-])(O)O. The van der Waals surface area contributed by atoms with Gasteiger partial charge in [0.1, 0.15) is 0 Å². The fourth-order valence-electron chi connectivity index (χ4n) is 3.10. The Morgan fingerprint density at radius 1 is 0.793 bits per heavy atom. The molecule has 0 atom stereocenters. The molecule has 0 aromatic heterocycles. The summed E-state index contributed by atoms with van der Waals surface area (Å²) in [6, 6.07) is 0. The van der Waals surface area contributed by atoms with Crippen molar-refractivity contribution in [3.63, 3.8) is 0 Å². The van der Waals surface area contributed by atoms with Gasteiger partial charge >= 0.3 is 0 Å². The van der Waals surface area contributed by atoms with Gasteiger partial charge in [-0.3, -0.25) is 9.36 Å². The van der Waals surface area contributed by atoms with Gasteiger partial charge in [0.2, 0.25) is 5.91 Å². The van der Waals surface area contributed by atoms with Gasteiger partial charge in [-0.1, -0.05) is 96.8 Å². The fraction of sp³-hybridized carbons (Fsp3) is 0.952. The van der Waals surface area contributed by atoms with Crippen LogP contribution >= 0.6 is 7.82 Å². The summed E-state index contributed by atoms with van der Waals surface area (Å²) >= 11 is 0. The molecule has 0 aliphatic heterocycles. The lowest BCUT2D eigenvalue weighted by Crippen LogP contribution is -2.51. The van der Waals surface area contributed by atoms with Crippen LogP contribution in [0.1, 0.15) is 116 Å². The van der Waals surface area contributed by atoms with Crippen molar-refractivity contribution < 1.29 is 29.8 Å². The fourth-order valence-corrected chi connectivity index (χ4v) is 3.10. The van der Waals surface area contributed by atoms with Crippen molar-refractivity contribution in [2.24, 2.45) is 0 Å². The first-order chi connectivity index (χ1) is 13.8. The van der Waals surface area contributed by atoms with Gasteiger partial charge in [-0.15, -0.1) is 0 Å². The van der Waals surface area contributed by atoms with Gasteiger partial charge in [-0.05, 0) is 6.42 Å². The maximum atomic E-state index is 11.5. The molecule has 8 heteroatoms. The van der Waals surface area contributed by atoms with Crippen LogP contribution in [0.25, 0.3) is 0 Å². The molecule has 0 heterocycles. The van der Waals surface area contributed by atoms with Gasteiger partial charge in [-0.2, -0.15) is 0 Å². The molecule has 1 amide bonds. The minimum atomic E-state index is -4.89. The standard InChI is InChI=1S/C21H44N2O.H3O4P/c1-2-3-4-5-6-7-8-9-10-11-12-13-14-15-16-18-21(24)23-20-17-19-22;1-5(2,3)4/h2-20,22H2,1H3,(H,23,24);(H3,1,2,3,4). The summed E-state index contributed by atoms with van der Waals surface area (Å²) in [6.07, 6.45) is 22.2. The van der Waals surface area contributed by atoms with E-state index in [9.17, 15) is 4.79 Å². The van der Waals surface area contributed by atoms with E-state index in [1.807, 2.05) is 0 Å². The molecule has 0 aromatic rings. The molecule has 0 saturated carbocycles. The normalized spacial score (nSPS) is 11.1. The monoisotopic (exact) mass is 438 g/mol. The first-order valence-corrected chi connectivity index (χ1v) is 13.2. The first-order valence-electron chi connectivity index (χ1n) is 11.6. The van der Waals surface area contributed by atoms with Crippen molar-refractivity contribution in [3.05, 3.63) is 0 Å². The number of unbranched alkanes of at least 4 members (excludes halogenated alkanes) is 14. The molecule has 0 saturated heterocycles. The van der Waals surface area contributed by atoms with Gasteiger partial charge in [0.05, 0.1) is 6.54 Å². The molecule has 0 fully saturated rings. The second kappa shape index (κ2) is 23.8. The predicted molar refractivity (Wildman–Crippen MR) is 117 cm³/mol. The summed E-state index contributed by atoms with van der Waals surface area (Å²) in [4.78, 5) is 34.4. The van der Waals surface area contributed by atoms with Crippen molar-refractivity contribution in [2.45, 2.75) is 116 Å². The van der Waals surface area contributed by atoms with E-state index in [1.54, 1.807) is 0 Å². The maximum Gasteiger partial charge on any atom is 0.262 e. The average molecular weight is 439 g/mol. The lowest BCUT2D eigenvalue weighted by molar-refractivity contribution is -0.367. The lowest BCUT2D eigenvalue weighted by Gasteiger charge is -2.04. The second-order valence-electron chi connectivity index (χ2n) is 7.75. The van der Waals surface area contributed by atoms with Gasteiger partial charge in [0.25, 0.3) is 7.82 Å². The van der Waals surface area contributed by atoms with Crippen LogP contribution in [0.5, 0.6) is 0 Å². The van der Waals surface area contributed by atoms with Crippen LogP contribution in [-0.4, -0.2) is 28.8 Å². The third-order valence-electron chi connectivity index (χ3n) is 4.76. The van der Waals surface area contributed by atoms with Crippen molar-refractivity contribution in [1.82, 2.24) is 5.32 Å². The quantitative estimate of drug-likeness (QED) is 0.181. The summed E-state index contributed by atoms with van der Waals surface area (Å²) in [5, 5.41) is 2.95. The Kier molecular flexibility index (Phi) is 25.2. The Labute approximate surface area is 178 Å². The van der Waals surface area contributed by atoms with Crippen LogP contribution in [0.3, 0.4) is 0 Å². The highest BCUT2D eigenvalue weighted by Crippen LogP contribution is 2.19. The number of rotatable bonds is 19. The summed E-state index contributed by atoms with van der Waals surface area (Å²) < 4.78 is 8.77. The molecule has 0 aliphatic carbocycles. The van der Waals surface area contributed by atoms with Crippen LogP contribution in [0, 0.1) is 0 Å². The first kappa shape index (κ1) is 30.7. The van der Waals surface area contributed by atoms with E-state index in [0.717, 1.165) is 25.9 Å². The molecule has 176 valence electrons. The zero-order chi connectivity index (χ0) is 22.2. The van der Waals surface area contributed by atoms with E-state index in [1.165, 1.54) is 89.9 Å². The molecule has 0 rings (SSSR count). The minimum absolute atomic E-state index is 0.221. The number of phosphoric acid groups is 1. The predicted octanol–water partition coefficient (Wildman–Crippen LogP) is 3.44. The number of amides is 1. The zero-order valence-electron chi connectivity index (χ0n) is 18.7. The smallest absolute Gasteiger partial charge is 0.262 e. The number of carbonyl (C=O) groups excluding carboxylic acids is 1. The summed E-state index contributed by atoms with van der Waals surface area (Å²) in [5.74, 6) is 0.221. The Morgan fingerprint density at radius 2 is 1.14 bits per heavy atom. The molecule has 29 heavy (non-hydrogen) atoms. The molecule has 0 aromatic carbocycles. The van der Waals surface area contributed by atoms with Gasteiger partial charge in [-0.25, -0.2) is 0 Å². The Morgan fingerprint density at radius 3 is 1.48 bits per heavy atom. The molecule has 0 bridgehead atoms. The van der Waals surface area contributed by atoms with E-state index >= 15 is 0 Å². The summed E-state index contributed by atoms with van der Waals surface area (Å²) in [6.45, 7) is 3.98. The van der Waals surface area contributed by atoms with Gasteiger partial charge in [0, 0.05) is 19.4 Å².